The Morgan fingerprint density at radius 2 is 1.48 bits per heavy atom. The van der Waals surface area contributed by atoms with Crippen LogP contribution in [-0.4, -0.2) is 42.7 Å². The van der Waals surface area contributed by atoms with Gasteiger partial charge >= 0.3 is 13.6 Å². The van der Waals surface area contributed by atoms with Crippen molar-refractivity contribution in [3.8, 4) is 0 Å². The highest BCUT2D eigenvalue weighted by Gasteiger charge is 2.51. The van der Waals surface area contributed by atoms with Crippen molar-refractivity contribution in [1.29, 1.82) is 0 Å². The second-order valence-corrected chi connectivity index (χ2v) is 11.6. The van der Waals surface area contributed by atoms with Crippen LogP contribution in [0, 0.1) is 5.41 Å². The molecule has 8 heteroatoms. The number of ether oxygens (including phenoxy) is 1. The molecule has 0 spiro atoms. The van der Waals surface area contributed by atoms with Crippen LogP contribution in [0.5, 0.6) is 0 Å². The molecular formula is C23H40NO6P. The van der Waals surface area contributed by atoms with E-state index in [4.69, 9.17) is 18.6 Å². The van der Waals surface area contributed by atoms with Gasteiger partial charge in [-0.05, 0) is 64.7 Å². The van der Waals surface area contributed by atoms with Crippen molar-refractivity contribution in [3.05, 3.63) is 35.4 Å². The van der Waals surface area contributed by atoms with E-state index >= 15 is 0 Å². The quantitative estimate of drug-likeness (QED) is 0.235. The Bertz CT molecular complexity index is 741. The van der Waals surface area contributed by atoms with E-state index in [1.165, 1.54) is 7.11 Å². The van der Waals surface area contributed by atoms with E-state index in [1.807, 2.05) is 60.6 Å². The van der Waals surface area contributed by atoms with E-state index in [2.05, 4.69) is 0 Å². The van der Waals surface area contributed by atoms with Gasteiger partial charge in [0.2, 0.25) is 0 Å². The van der Waals surface area contributed by atoms with Gasteiger partial charge in [0.15, 0.2) is 0 Å². The van der Waals surface area contributed by atoms with E-state index in [9.17, 15) is 9.36 Å². The molecule has 0 unspecified atom stereocenters. The molecule has 1 aromatic rings. The fourth-order valence-corrected chi connectivity index (χ4v) is 6.00. The van der Waals surface area contributed by atoms with Crippen LogP contribution in [0.3, 0.4) is 0 Å². The van der Waals surface area contributed by atoms with Crippen LogP contribution in [-0.2, 0) is 23.2 Å². The number of benzene rings is 1. The molecule has 0 saturated heterocycles. The van der Waals surface area contributed by atoms with Crippen LogP contribution in [0.1, 0.15) is 84.3 Å². The Balaban J connectivity index is 3.37. The average Bonchev–Trinajstić information content (AvgIpc) is 2.65. The van der Waals surface area contributed by atoms with Crippen molar-refractivity contribution in [2.24, 2.45) is 5.41 Å². The molecule has 0 aliphatic heterocycles. The van der Waals surface area contributed by atoms with Crippen LogP contribution < -0.4 is 0 Å². The molecule has 31 heavy (non-hydrogen) atoms. The maximum Gasteiger partial charge on any atom is 0.350 e. The number of esters is 1. The molecule has 0 N–H and O–H groups in total. The third-order valence-corrected chi connectivity index (χ3v) is 7.47. The third kappa shape index (κ3) is 7.40. The van der Waals surface area contributed by atoms with E-state index in [0.29, 0.717) is 5.56 Å². The number of hydroxylamine groups is 2. The monoisotopic (exact) mass is 457 g/mol. The van der Waals surface area contributed by atoms with Gasteiger partial charge in [0.1, 0.15) is 11.9 Å². The standard InChI is InChI=1S/C23H40NO6P/c1-11-28-31(26,29-12-2)21(22(4,5)6)24(23(7,8)9)30-17(3)18-13-15-19(16-14-18)20(25)27-10/h13-17,21H,11-12H2,1-10H3/t17-,21-/m0/s1. The van der Waals surface area contributed by atoms with Crippen LogP contribution in [0.2, 0.25) is 0 Å². The molecule has 178 valence electrons. The number of methoxy groups -OCH3 is 1. The zero-order chi connectivity index (χ0) is 24.0. The summed E-state index contributed by atoms with van der Waals surface area (Å²) in [6, 6.07) is 7.06. The normalized spacial score (nSPS) is 15.1. The smallest absolute Gasteiger partial charge is 0.350 e. The molecule has 1 aromatic carbocycles. The van der Waals surface area contributed by atoms with E-state index in [1.54, 1.807) is 31.0 Å². The molecule has 1 rings (SSSR count). The van der Waals surface area contributed by atoms with Gasteiger partial charge in [0, 0.05) is 5.54 Å². The molecule has 0 saturated carbocycles. The molecule has 0 bridgehead atoms. The Morgan fingerprint density at radius 3 is 1.84 bits per heavy atom. The first-order valence-electron chi connectivity index (χ1n) is 10.7. The molecule has 0 fully saturated rings. The molecule has 0 aromatic heterocycles. The Labute approximate surface area is 187 Å². The van der Waals surface area contributed by atoms with Gasteiger partial charge < -0.3 is 13.8 Å². The summed E-state index contributed by atoms with van der Waals surface area (Å²) in [5.74, 6) is -1.03. The van der Waals surface area contributed by atoms with Crippen molar-refractivity contribution in [3.63, 3.8) is 0 Å². The van der Waals surface area contributed by atoms with Gasteiger partial charge in [-0.15, -0.1) is 0 Å². The van der Waals surface area contributed by atoms with Crippen molar-refractivity contribution >= 4 is 13.6 Å². The van der Waals surface area contributed by atoms with Gasteiger partial charge in [0.25, 0.3) is 0 Å². The third-order valence-electron chi connectivity index (χ3n) is 4.65. The molecule has 2 atom stereocenters. The summed E-state index contributed by atoms with van der Waals surface area (Å²) in [7, 11) is -2.18. The molecule has 0 aliphatic carbocycles. The number of nitrogens with zero attached hydrogens (tertiary/aromatic N) is 1. The molecule has 0 heterocycles. The van der Waals surface area contributed by atoms with Gasteiger partial charge in [-0.2, -0.15) is 5.06 Å². The van der Waals surface area contributed by atoms with Gasteiger partial charge in [-0.1, -0.05) is 32.9 Å². The summed E-state index contributed by atoms with van der Waals surface area (Å²) < 4.78 is 30.1. The first-order valence-corrected chi connectivity index (χ1v) is 12.4. The van der Waals surface area contributed by atoms with Crippen LogP contribution in [0.15, 0.2) is 24.3 Å². The molecule has 7 nitrogen and oxygen atoms in total. The maximum atomic E-state index is 13.9. The van der Waals surface area contributed by atoms with E-state index < -0.39 is 30.3 Å². The Morgan fingerprint density at radius 1 is 1.00 bits per heavy atom. The highest BCUT2D eigenvalue weighted by Crippen LogP contribution is 2.61. The summed E-state index contributed by atoms with van der Waals surface area (Å²) in [5, 5.41) is 1.76. The van der Waals surface area contributed by atoms with Gasteiger partial charge in [-0.3, -0.25) is 9.40 Å². The van der Waals surface area contributed by atoms with Gasteiger partial charge in [-0.25, -0.2) is 4.79 Å². The molecule has 0 amide bonds. The number of hydrogen-bond donors (Lipinski definition) is 0. The lowest BCUT2D eigenvalue weighted by molar-refractivity contribution is -0.264. The minimum Gasteiger partial charge on any atom is -0.465 e. The van der Waals surface area contributed by atoms with Gasteiger partial charge in [0.05, 0.1) is 25.9 Å². The SMILES string of the molecule is CCOP(=O)(OCC)[C@H](N(O[C@@H](C)c1ccc(C(=O)OC)cc1)C(C)(C)C)C(C)(C)C. The van der Waals surface area contributed by atoms with Crippen molar-refractivity contribution in [1.82, 2.24) is 5.06 Å². The summed E-state index contributed by atoms with van der Waals surface area (Å²) in [4.78, 5) is 18.2. The van der Waals surface area contributed by atoms with Crippen molar-refractivity contribution in [2.75, 3.05) is 20.3 Å². The van der Waals surface area contributed by atoms with Crippen molar-refractivity contribution in [2.45, 2.75) is 79.7 Å². The van der Waals surface area contributed by atoms with E-state index in [0.717, 1.165) is 5.56 Å². The van der Waals surface area contributed by atoms with Crippen molar-refractivity contribution < 1.29 is 28.0 Å². The highest BCUT2D eigenvalue weighted by molar-refractivity contribution is 7.54. The fourth-order valence-electron chi connectivity index (χ4n) is 3.31. The van der Waals surface area contributed by atoms with Crippen LogP contribution in [0.4, 0.5) is 0 Å². The molecular weight excluding hydrogens is 417 g/mol. The zero-order valence-electron chi connectivity index (χ0n) is 20.7. The van der Waals surface area contributed by atoms with E-state index in [-0.39, 0.29) is 19.3 Å². The lowest BCUT2D eigenvalue weighted by Crippen LogP contribution is -2.53. The second kappa shape index (κ2) is 11.1. The number of rotatable bonds is 10. The predicted octanol–water partition coefficient (Wildman–Crippen LogP) is 6.20. The predicted molar refractivity (Wildman–Crippen MR) is 123 cm³/mol. The number of hydrogen-bond acceptors (Lipinski definition) is 7. The first-order chi connectivity index (χ1) is 14.2. The Kier molecular flexibility index (Phi) is 9.92. The topological polar surface area (TPSA) is 74.3 Å². The highest BCUT2D eigenvalue weighted by atomic mass is 31.2. The molecule has 0 aliphatic rings. The minimum absolute atomic E-state index is 0.270. The summed E-state index contributed by atoms with van der Waals surface area (Å²) in [5.41, 5.74) is 0.372. The summed E-state index contributed by atoms with van der Waals surface area (Å²) in [6.07, 6.45) is -0.368. The minimum atomic E-state index is -3.54. The van der Waals surface area contributed by atoms with Crippen LogP contribution in [0.25, 0.3) is 0 Å². The zero-order valence-corrected chi connectivity index (χ0v) is 21.6. The first kappa shape index (κ1) is 27.8. The fraction of sp³-hybridized carbons (Fsp3) is 0.696. The summed E-state index contributed by atoms with van der Waals surface area (Å²) >= 11 is 0. The molecule has 0 radical (unpaired) electrons. The maximum absolute atomic E-state index is 13.9. The number of carbonyl (C=O) groups excluding carboxylic acids is 1. The lowest BCUT2D eigenvalue weighted by atomic mass is 9.94. The Hall–Kier alpha value is -1.24. The number of carbonyl (C=O) groups is 1. The largest absolute Gasteiger partial charge is 0.465 e. The lowest BCUT2D eigenvalue weighted by Gasteiger charge is -2.48. The summed E-state index contributed by atoms with van der Waals surface area (Å²) in [6.45, 7) is 18.1. The average molecular weight is 458 g/mol. The second-order valence-electron chi connectivity index (χ2n) is 9.47. The van der Waals surface area contributed by atoms with Crippen LogP contribution >= 0.6 is 7.60 Å².